The second-order valence-corrected chi connectivity index (χ2v) is 10.00. The number of hydrogen-bond acceptors (Lipinski definition) is 7. The minimum absolute atomic E-state index is 0.0886. The molecule has 3 aromatic rings. The van der Waals surface area contributed by atoms with Crippen LogP contribution in [0.25, 0.3) is 10.9 Å². The summed E-state index contributed by atoms with van der Waals surface area (Å²) >= 11 is 0. The summed E-state index contributed by atoms with van der Waals surface area (Å²) in [6.45, 7) is 2.63. The fourth-order valence-corrected chi connectivity index (χ4v) is 5.74. The number of carbonyl (C=O) groups is 1. The van der Waals surface area contributed by atoms with Crippen LogP contribution < -0.4 is 20.8 Å². The predicted molar refractivity (Wildman–Crippen MR) is 129 cm³/mol. The van der Waals surface area contributed by atoms with Gasteiger partial charge in [-0.3, -0.25) is 4.79 Å². The summed E-state index contributed by atoms with van der Waals surface area (Å²) < 4.78 is 49.8. The largest absolute Gasteiger partial charge is 0.492 e. The monoisotopic (exact) mass is 504 g/mol. The molecule has 186 valence electrons. The topological polar surface area (TPSA) is 135 Å². The summed E-state index contributed by atoms with van der Waals surface area (Å²) in [6.07, 6.45) is 1.22. The second-order valence-electron chi connectivity index (χ2n) is 8.06. The fraction of sp³-hybridized carbons (Fsp3) is 0.304. The van der Waals surface area contributed by atoms with Crippen molar-refractivity contribution in [2.75, 3.05) is 43.9 Å². The predicted octanol–water partition coefficient (Wildman–Crippen LogP) is 1.96. The standard InChI is InChI=1S/C23H25FN4O6S/c1-3-26-13-17(23(30)31)21(29)16-12-18(24)20(22(34-2)19(16)26)27-8-10-28(11-9-27)35(32,33)15-6-4-14(25)5-7-15/h4-7,12-13H,3,8-11,25H2,1-2H3,(H,30,31). The third-order valence-electron chi connectivity index (χ3n) is 6.09. The van der Waals surface area contributed by atoms with E-state index in [1.165, 1.54) is 46.4 Å². The molecule has 2 aromatic carbocycles. The summed E-state index contributed by atoms with van der Waals surface area (Å²) in [5.41, 5.74) is 5.20. The number of anilines is 2. The Morgan fingerprint density at radius 1 is 1.17 bits per heavy atom. The van der Waals surface area contributed by atoms with Crippen LogP contribution in [0.4, 0.5) is 15.8 Å². The number of nitrogens with zero attached hydrogens (tertiary/aromatic N) is 3. The van der Waals surface area contributed by atoms with Crippen LogP contribution in [0.3, 0.4) is 0 Å². The van der Waals surface area contributed by atoms with Crippen LogP contribution in [-0.2, 0) is 16.6 Å². The summed E-state index contributed by atoms with van der Waals surface area (Å²) in [5, 5.41) is 9.28. The smallest absolute Gasteiger partial charge is 0.341 e. The van der Waals surface area contributed by atoms with Crippen LogP contribution in [0.5, 0.6) is 5.75 Å². The lowest BCUT2D eigenvalue weighted by Crippen LogP contribution is -2.49. The SMILES string of the molecule is CCn1cc(C(=O)O)c(=O)c2cc(F)c(N3CCN(S(=O)(=O)c4ccc(N)cc4)CC3)c(OC)c21. The van der Waals surface area contributed by atoms with Gasteiger partial charge in [-0.1, -0.05) is 0 Å². The zero-order valence-electron chi connectivity index (χ0n) is 19.2. The van der Waals surface area contributed by atoms with Gasteiger partial charge in [0.15, 0.2) is 11.6 Å². The molecule has 35 heavy (non-hydrogen) atoms. The molecule has 0 unspecified atom stereocenters. The number of nitrogen functional groups attached to an aromatic ring is 1. The lowest BCUT2D eigenvalue weighted by molar-refractivity contribution is 0.0694. The average Bonchev–Trinajstić information content (AvgIpc) is 2.84. The molecule has 0 spiro atoms. The molecule has 0 radical (unpaired) electrons. The Kier molecular flexibility index (Phi) is 6.43. The quantitative estimate of drug-likeness (QED) is 0.487. The van der Waals surface area contributed by atoms with E-state index >= 15 is 4.39 Å². The first-order chi connectivity index (χ1) is 16.6. The maximum absolute atomic E-state index is 15.4. The van der Waals surface area contributed by atoms with Crippen LogP contribution in [0.15, 0.2) is 46.2 Å². The Hall–Kier alpha value is -3.64. The Morgan fingerprint density at radius 2 is 1.80 bits per heavy atom. The van der Waals surface area contributed by atoms with Crippen molar-refractivity contribution in [3.8, 4) is 5.75 Å². The number of rotatable bonds is 6. The number of sulfonamides is 1. The number of hydrogen-bond donors (Lipinski definition) is 2. The molecule has 10 nitrogen and oxygen atoms in total. The van der Waals surface area contributed by atoms with Crippen LogP contribution in [0.2, 0.25) is 0 Å². The van der Waals surface area contributed by atoms with Gasteiger partial charge in [0, 0.05) is 44.6 Å². The number of pyridine rings is 1. The number of carboxylic acid groups (broad SMARTS) is 1. The molecule has 0 saturated carbocycles. The van der Waals surface area contributed by atoms with Gasteiger partial charge in [0.05, 0.1) is 22.9 Å². The first kappa shape index (κ1) is 24.5. The van der Waals surface area contributed by atoms with Crippen LogP contribution in [0.1, 0.15) is 17.3 Å². The van der Waals surface area contributed by atoms with E-state index in [1.54, 1.807) is 11.8 Å². The zero-order valence-corrected chi connectivity index (χ0v) is 20.0. The highest BCUT2D eigenvalue weighted by molar-refractivity contribution is 7.89. The van der Waals surface area contributed by atoms with E-state index in [2.05, 4.69) is 0 Å². The first-order valence-electron chi connectivity index (χ1n) is 10.9. The molecule has 1 fully saturated rings. The number of piperazine rings is 1. The molecule has 0 atom stereocenters. The van der Waals surface area contributed by atoms with E-state index < -0.39 is 32.8 Å². The average molecular weight is 505 g/mol. The molecule has 0 aliphatic carbocycles. The Bertz CT molecular complexity index is 1460. The van der Waals surface area contributed by atoms with Gasteiger partial charge in [-0.05, 0) is 37.3 Å². The van der Waals surface area contributed by atoms with Crippen molar-refractivity contribution in [3.63, 3.8) is 0 Å². The number of halogens is 1. The van der Waals surface area contributed by atoms with Crippen molar-refractivity contribution in [1.29, 1.82) is 0 Å². The molecule has 0 bridgehead atoms. The van der Waals surface area contributed by atoms with Crippen molar-refractivity contribution in [2.24, 2.45) is 0 Å². The molecule has 2 heterocycles. The number of carboxylic acids is 1. The number of ether oxygens (including phenoxy) is 1. The van der Waals surface area contributed by atoms with Crippen LogP contribution in [0, 0.1) is 5.82 Å². The van der Waals surface area contributed by atoms with Gasteiger partial charge in [-0.15, -0.1) is 0 Å². The van der Waals surface area contributed by atoms with Crippen molar-refractivity contribution in [2.45, 2.75) is 18.4 Å². The van der Waals surface area contributed by atoms with E-state index in [0.29, 0.717) is 12.2 Å². The molecule has 3 N–H and O–H groups in total. The van der Waals surface area contributed by atoms with Gasteiger partial charge in [0.1, 0.15) is 11.3 Å². The van der Waals surface area contributed by atoms with Gasteiger partial charge < -0.3 is 25.0 Å². The van der Waals surface area contributed by atoms with Crippen LogP contribution in [-0.4, -0.2) is 61.7 Å². The number of fused-ring (bicyclic) bond motifs is 1. The number of aryl methyl sites for hydroxylation is 1. The van der Waals surface area contributed by atoms with Gasteiger partial charge in [0.25, 0.3) is 0 Å². The van der Waals surface area contributed by atoms with E-state index in [4.69, 9.17) is 10.5 Å². The summed E-state index contributed by atoms with van der Waals surface area (Å²) in [5.74, 6) is -2.07. The normalized spacial score (nSPS) is 14.9. The second kappa shape index (κ2) is 9.19. The first-order valence-corrected chi connectivity index (χ1v) is 12.3. The van der Waals surface area contributed by atoms with Crippen molar-refractivity contribution < 1.29 is 27.4 Å². The van der Waals surface area contributed by atoms with E-state index in [-0.39, 0.29) is 53.4 Å². The van der Waals surface area contributed by atoms with Crippen molar-refractivity contribution in [3.05, 3.63) is 58.1 Å². The number of aromatic nitrogens is 1. The maximum atomic E-state index is 15.4. The number of aromatic carboxylic acids is 1. The highest BCUT2D eigenvalue weighted by Gasteiger charge is 2.32. The van der Waals surface area contributed by atoms with Crippen LogP contribution >= 0.6 is 0 Å². The van der Waals surface area contributed by atoms with E-state index in [9.17, 15) is 23.1 Å². The summed E-state index contributed by atoms with van der Waals surface area (Å²) in [4.78, 5) is 26.0. The maximum Gasteiger partial charge on any atom is 0.341 e. The molecule has 1 saturated heterocycles. The van der Waals surface area contributed by atoms with E-state index in [1.807, 2.05) is 0 Å². The molecule has 12 heteroatoms. The molecule has 1 aromatic heterocycles. The summed E-state index contributed by atoms with van der Waals surface area (Å²) in [7, 11) is -2.41. The van der Waals surface area contributed by atoms with Gasteiger partial charge in [0.2, 0.25) is 15.5 Å². The molecule has 4 rings (SSSR count). The summed E-state index contributed by atoms with van der Waals surface area (Å²) in [6, 6.07) is 6.94. The zero-order chi connectivity index (χ0) is 25.5. The Balaban J connectivity index is 1.73. The lowest BCUT2D eigenvalue weighted by atomic mass is 10.1. The molecular formula is C23H25FN4O6S. The molecule has 0 amide bonds. The van der Waals surface area contributed by atoms with Gasteiger partial charge >= 0.3 is 5.97 Å². The highest BCUT2D eigenvalue weighted by Crippen LogP contribution is 2.39. The van der Waals surface area contributed by atoms with Gasteiger partial charge in [-0.25, -0.2) is 17.6 Å². The third-order valence-corrected chi connectivity index (χ3v) is 8.00. The number of methoxy groups -OCH3 is 1. The Morgan fingerprint density at radius 3 is 2.34 bits per heavy atom. The fourth-order valence-electron chi connectivity index (χ4n) is 4.32. The van der Waals surface area contributed by atoms with Crippen molar-refractivity contribution >= 4 is 38.3 Å². The van der Waals surface area contributed by atoms with Crippen molar-refractivity contribution in [1.82, 2.24) is 8.87 Å². The highest BCUT2D eigenvalue weighted by atomic mass is 32.2. The number of benzene rings is 2. The lowest BCUT2D eigenvalue weighted by Gasteiger charge is -2.36. The van der Waals surface area contributed by atoms with E-state index in [0.717, 1.165) is 6.07 Å². The van der Waals surface area contributed by atoms with Gasteiger partial charge in [-0.2, -0.15) is 4.31 Å². The minimum Gasteiger partial charge on any atom is -0.492 e. The minimum atomic E-state index is -3.75. The Labute approximate surface area is 201 Å². The number of nitrogens with two attached hydrogens (primary N) is 1. The molecule has 1 aliphatic rings. The molecular weight excluding hydrogens is 479 g/mol. The third kappa shape index (κ3) is 4.19. The molecule has 1 aliphatic heterocycles.